The summed E-state index contributed by atoms with van der Waals surface area (Å²) in [7, 11) is 0. The number of carbonyl (C=O) groups is 1. The van der Waals surface area contributed by atoms with E-state index in [2.05, 4.69) is 5.32 Å². The fourth-order valence-electron chi connectivity index (χ4n) is 2.22. The average Bonchev–Trinajstić information content (AvgIpc) is 2.87. The first-order chi connectivity index (χ1) is 10.7. The van der Waals surface area contributed by atoms with E-state index in [1.54, 1.807) is 13.0 Å². The number of halogens is 4. The van der Waals surface area contributed by atoms with E-state index < -0.39 is 17.6 Å². The second-order valence-electron chi connectivity index (χ2n) is 5.15. The van der Waals surface area contributed by atoms with Crippen molar-refractivity contribution in [3.8, 4) is 0 Å². The number of furan rings is 1. The molecule has 1 aromatic carbocycles. The molecule has 0 atom stereocenters. The molecule has 0 saturated heterocycles. The highest BCUT2D eigenvalue weighted by atomic mass is 35.5. The van der Waals surface area contributed by atoms with Gasteiger partial charge >= 0.3 is 6.18 Å². The molecular weight excluding hydrogens is 345 g/mol. The highest BCUT2D eigenvalue weighted by Gasteiger charge is 2.31. The van der Waals surface area contributed by atoms with Crippen LogP contribution in [0, 0.1) is 6.92 Å². The second kappa shape index (κ2) is 7.72. The van der Waals surface area contributed by atoms with Crippen LogP contribution in [0.4, 0.5) is 18.9 Å². The molecule has 0 aliphatic heterocycles. The van der Waals surface area contributed by atoms with Crippen molar-refractivity contribution in [2.75, 3.05) is 5.32 Å². The average molecular weight is 363 g/mol. The van der Waals surface area contributed by atoms with Gasteiger partial charge in [0.05, 0.1) is 5.56 Å². The summed E-state index contributed by atoms with van der Waals surface area (Å²) in [5.74, 6) is 0.128. The lowest BCUT2D eigenvalue weighted by molar-refractivity contribution is -0.137. The van der Waals surface area contributed by atoms with Gasteiger partial charge in [0.1, 0.15) is 5.76 Å². The van der Waals surface area contributed by atoms with E-state index in [4.69, 9.17) is 10.2 Å². The van der Waals surface area contributed by atoms with E-state index in [0.717, 1.165) is 17.7 Å². The van der Waals surface area contributed by atoms with E-state index in [-0.39, 0.29) is 36.0 Å². The van der Waals surface area contributed by atoms with Gasteiger partial charge in [-0.2, -0.15) is 13.2 Å². The van der Waals surface area contributed by atoms with Crippen LogP contribution in [-0.2, 0) is 19.1 Å². The largest absolute Gasteiger partial charge is 0.456 e. The molecule has 24 heavy (non-hydrogen) atoms. The van der Waals surface area contributed by atoms with Crippen LogP contribution in [-0.4, -0.2) is 5.91 Å². The molecule has 1 heterocycles. The van der Waals surface area contributed by atoms with Crippen molar-refractivity contribution in [2.24, 2.45) is 5.73 Å². The predicted octanol–water partition coefficient (Wildman–Crippen LogP) is 4.30. The molecule has 0 spiro atoms. The minimum Gasteiger partial charge on any atom is -0.456 e. The molecule has 0 saturated carbocycles. The van der Waals surface area contributed by atoms with Gasteiger partial charge in [-0.05, 0) is 42.3 Å². The summed E-state index contributed by atoms with van der Waals surface area (Å²) >= 11 is 0. The van der Waals surface area contributed by atoms with Gasteiger partial charge in [-0.25, -0.2) is 0 Å². The summed E-state index contributed by atoms with van der Waals surface area (Å²) in [5, 5.41) is 2.42. The topological polar surface area (TPSA) is 68.3 Å². The Labute approximate surface area is 143 Å². The van der Waals surface area contributed by atoms with Crippen molar-refractivity contribution >= 4 is 24.0 Å². The number of nitrogens with two attached hydrogens (primary N) is 1. The number of hydrogen-bond acceptors (Lipinski definition) is 3. The smallest absolute Gasteiger partial charge is 0.416 e. The molecule has 0 bridgehead atoms. The Bertz CT molecular complexity index is 727. The summed E-state index contributed by atoms with van der Waals surface area (Å²) in [6.07, 6.45) is -3.89. The van der Waals surface area contributed by atoms with Crippen LogP contribution in [0.25, 0.3) is 0 Å². The molecule has 0 aliphatic carbocycles. The fourth-order valence-corrected chi connectivity index (χ4v) is 2.22. The van der Waals surface area contributed by atoms with Crippen molar-refractivity contribution < 1.29 is 22.4 Å². The molecule has 8 heteroatoms. The Kier molecular flexibility index (Phi) is 6.45. The zero-order valence-electron chi connectivity index (χ0n) is 13.2. The van der Waals surface area contributed by atoms with Gasteiger partial charge < -0.3 is 15.5 Å². The molecular formula is C16H18ClF3N2O2. The number of carbonyl (C=O) groups excluding carboxylic acids is 1. The number of hydrogen-bond donors (Lipinski definition) is 2. The Balaban J connectivity index is 0.00000288. The van der Waals surface area contributed by atoms with Crippen molar-refractivity contribution in [3.63, 3.8) is 0 Å². The Morgan fingerprint density at radius 1 is 1.25 bits per heavy atom. The van der Waals surface area contributed by atoms with Crippen LogP contribution in [0.2, 0.25) is 0 Å². The molecule has 1 amide bonds. The zero-order chi connectivity index (χ0) is 17.2. The number of benzene rings is 1. The van der Waals surface area contributed by atoms with E-state index >= 15 is 0 Å². The first kappa shape index (κ1) is 20.1. The van der Waals surface area contributed by atoms with E-state index in [0.29, 0.717) is 12.2 Å². The minimum absolute atomic E-state index is 0. The van der Waals surface area contributed by atoms with Crippen LogP contribution in [0.15, 0.2) is 28.7 Å². The van der Waals surface area contributed by atoms with Crippen molar-refractivity contribution in [3.05, 3.63) is 52.5 Å². The highest BCUT2D eigenvalue weighted by Crippen LogP contribution is 2.32. The first-order valence-electron chi connectivity index (χ1n) is 7.06. The molecule has 4 nitrogen and oxygen atoms in total. The highest BCUT2D eigenvalue weighted by molar-refractivity contribution is 6.02. The Morgan fingerprint density at radius 3 is 2.42 bits per heavy atom. The molecule has 1 aromatic heterocycles. The van der Waals surface area contributed by atoms with Gasteiger partial charge in [0, 0.05) is 18.7 Å². The molecule has 3 N–H and O–H groups in total. The number of nitrogens with one attached hydrogen (secondary N) is 1. The molecule has 0 fully saturated rings. The molecule has 0 unspecified atom stereocenters. The van der Waals surface area contributed by atoms with Crippen LogP contribution >= 0.6 is 12.4 Å². The summed E-state index contributed by atoms with van der Waals surface area (Å²) in [6.45, 7) is 3.62. The number of amides is 1. The van der Waals surface area contributed by atoms with Crippen molar-refractivity contribution in [1.82, 2.24) is 0 Å². The summed E-state index contributed by atoms with van der Waals surface area (Å²) in [6, 6.07) is 4.80. The van der Waals surface area contributed by atoms with Crippen LogP contribution in [0.3, 0.4) is 0 Å². The Morgan fingerprint density at radius 2 is 1.92 bits per heavy atom. The SMILES string of the molecule is CCc1oc(C(=O)Nc2cc(CN)cc(C(F)(F)F)c2)cc1C.Cl. The monoisotopic (exact) mass is 362 g/mol. The lowest BCUT2D eigenvalue weighted by Gasteiger charge is -2.12. The van der Waals surface area contributed by atoms with Crippen LogP contribution in [0.5, 0.6) is 0 Å². The van der Waals surface area contributed by atoms with E-state index in [9.17, 15) is 18.0 Å². The number of alkyl halides is 3. The maximum Gasteiger partial charge on any atom is 0.416 e. The van der Waals surface area contributed by atoms with Crippen LogP contribution in [0.1, 0.15) is 39.9 Å². The zero-order valence-corrected chi connectivity index (χ0v) is 14.0. The first-order valence-corrected chi connectivity index (χ1v) is 7.06. The number of rotatable bonds is 4. The summed E-state index contributed by atoms with van der Waals surface area (Å²) in [4.78, 5) is 12.1. The van der Waals surface area contributed by atoms with E-state index in [1.165, 1.54) is 6.07 Å². The van der Waals surface area contributed by atoms with Gasteiger partial charge in [0.25, 0.3) is 5.91 Å². The molecule has 2 rings (SSSR count). The quantitative estimate of drug-likeness (QED) is 0.852. The lowest BCUT2D eigenvalue weighted by atomic mass is 10.1. The van der Waals surface area contributed by atoms with Crippen molar-refractivity contribution in [2.45, 2.75) is 33.0 Å². The molecule has 0 aliphatic rings. The summed E-state index contributed by atoms with van der Waals surface area (Å²) < 4.78 is 44.0. The lowest BCUT2D eigenvalue weighted by Crippen LogP contribution is -2.14. The number of anilines is 1. The third kappa shape index (κ3) is 4.52. The molecule has 2 aromatic rings. The molecule has 0 radical (unpaired) electrons. The van der Waals surface area contributed by atoms with Gasteiger partial charge in [0.2, 0.25) is 0 Å². The van der Waals surface area contributed by atoms with Gasteiger partial charge in [-0.3, -0.25) is 4.79 Å². The predicted molar refractivity (Wildman–Crippen MR) is 87.4 cm³/mol. The third-order valence-corrected chi connectivity index (χ3v) is 3.38. The fraction of sp³-hybridized carbons (Fsp3) is 0.312. The van der Waals surface area contributed by atoms with Gasteiger partial charge in [0.15, 0.2) is 5.76 Å². The summed E-state index contributed by atoms with van der Waals surface area (Å²) in [5.41, 5.74) is 5.68. The standard InChI is InChI=1S/C16H17F3N2O2.ClH/c1-3-13-9(2)4-14(23-13)15(22)21-12-6-10(8-20)5-11(7-12)16(17,18)19;/h4-7H,3,8,20H2,1-2H3,(H,21,22);1H. The van der Waals surface area contributed by atoms with Gasteiger partial charge in [-0.1, -0.05) is 6.92 Å². The molecule has 132 valence electrons. The normalized spacial score (nSPS) is 11.1. The maximum atomic E-state index is 12.9. The Hall–Kier alpha value is -1.99. The van der Waals surface area contributed by atoms with Crippen molar-refractivity contribution in [1.29, 1.82) is 0 Å². The third-order valence-electron chi connectivity index (χ3n) is 3.38. The second-order valence-corrected chi connectivity index (χ2v) is 5.15. The van der Waals surface area contributed by atoms with E-state index in [1.807, 2.05) is 6.92 Å². The minimum atomic E-state index is -4.51. The maximum absolute atomic E-state index is 12.9. The number of aryl methyl sites for hydroxylation is 2. The van der Waals surface area contributed by atoms with Crippen LogP contribution < -0.4 is 11.1 Å². The van der Waals surface area contributed by atoms with Gasteiger partial charge in [-0.15, -0.1) is 12.4 Å².